The molecule has 5 nitrogen and oxygen atoms in total. The zero-order valence-corrected chi connectivity index (χ0v) is 12.1. The van der Waals surface area contributed by atoms with Gasteiger partial charge in [-0.3, -0.25) is 9.59 Å². The molecule has 0 saturated carbocycles. The molecule has 3 rings (SSSR count). The van der Waals surface area contributed by atoms with Crippen molar-refractivity contribution in [3.8, 4) is 0 Å². The van der Waals surface area contributed by atoms with Gasteiger partial charge in [-0.15, -0.1) is 0 Å². The molecule has 2 amide bonds. The third-order valence-electron chi connectivity index (χ3n) is 4.41. The van der Waals surface area contributed by atoms with Crippen LogP contribution in [0.15, 0.2) is 18.2 Å². The van der Waals surface area contributed by atoms with Crippen LogP contribution >= 0.6 is 0 Å². The molecule has 2 aliphatic rings. The third kappa shape index (κ3) is 2.78. The molecule has 21 heavy (non-hydrogen) atoms. The number of fused-ring (bicyclic) bond motifs is 1. The van der Waals surface area contributed by atoms with E-state index in [9.17, 15) is 9.59 Å². The van der Waals surface area contributed by atoms with Crippen LogP contribution in [0.5, 0.6) is 0 Å². The molecule has 0 spiro atoms. The first-order chi connectivity index (χ1) is 10.2. The number of aryl methyl sites for hydroxylation is 1. The van der Waals surface area contributed by atoms with E-state index < -0.39 is 0 Å². The van der Waals surface area contributed by atoms with E-state index in [2.05, 4.69) is 5.32 Å². The maximum Gasteiger partial charge on any atom is 0.254 e. The van der Waals surface area contributed by atoms with E-state index in [1.807, 2.05) is 17.0 Å². The summed E-state index contributed by atoms with van der Waals surface area (Å²) in [4.78, 5) is 26.0. The lowest BCUT2D eigenvalue weighted by atomic mass is 9.97. The number of hydrogen-bond donors (Lipinski definition) is 2. The van der Waals surface area contributed by atoms with Gasteiger partial charge in [0.15, 0.2) is 0 Å². The van der Waals surface area contributed by atoms with Crippen molar-refractivity contribution in [2.45, 2.75) is 38.1 Å². The molecular formula is C16H21N3O2. The molecule has 112 valence electrons. The Kier molecular flexibility index (Phi) is 3.92. The summed E-state index contributed by atoms with van der Waals surface area (Å²) in [5.74, 6) is 0.102. The molecule has 0 aliphatic carbocycles. The minimum atomic E-state index is 0.0424. The lowest BCUT2D eigenvalue weighted by molar-refractivity contribution is -0.116. The van der Waals surface area contributed by atoms with Crippen molar-refractivity contribution in [3.63, 3.8) is 0 Å². The van der Waals surface area contributed by atoms with Crippen LogP contribution in [0.1, 0.15) is 41.6 Å². The number of nitrogens with zero attached hydrogens (tertiary/aromatic N) is 1. The predicted octanol–water partition coefficient (Wildman–Crippen LogP) is 1.52. The molecule has 0 unspecified atom stereocenters. The summed E-state index contributed by atoms with van der Waals surface area (Å²) < 4.78 is 0. The smallest absolute Gasteiger partial charge is 0.254 e. The van der Waals surface area contributed by atoms with Gasteiger partial charge in [0.2, 0.25) is 5.91 Å². The quantitative estimate of drug-likeness (QED) is 0.866. The van der Waals surface area contributed by atoms with Crippen molar-refractivity contribution in [1.82, 2.24) is 4.90 Å². The Morgan fingerprint density at radius 1 is 1.33 bits per heavy atom. The zero-order chi connectivity index (χ0) is 14.8. The summed E-state index contributed by atoms with van der Waals surface area (Å²) in [5.41, 5.74) is 8.37. The molecule has 3 N–H and O–H groups in total. The molecule has 1 aromatic rings. The van der Waals surface area contributed by atoms with Crippen molar-refractivity contribution < 1.29 is 9.59 Å². The molecule has 2 aliphatic heterocycles. The van der Waals surface area contributed by atoms with Gasteiger partial charge in [-0.25, -0.2) is 0 Å². The standard InChI is InChI=1S/C16H21N3O2/c17-10-13-3-1-2-8-19(13)16(21)12-4-6-14-11(9-12)5-7-15(20)18-14/h4,6,9,13H,1-3,5,7-8,10,17H2,(H,18,20)/t13-/m1/s1. The van der Waals surface area contributed by atoms with Gasteiger partial charge in [0.1, 0.15) is 0 Å². The highest BCUT2D eigenvalue weighted by Gasteiger charge is 2.27. The fourth-order valence-electron chi connectivity index (χ4n) is 3.20. The molecule has 0 aromatic heterocycles. The average molecular weight is 287 g/mol. The van der Waals surface area contributed by atoms with E-state index in [1.54, 1.807) is 6.07 Å². The Balaban J connectivity index is 1.83. The van der Waals surface area contributed by atoms with Crippen molar-refractivity contribution in [2.75, 3.05) is 18.4 Å². The van der Waals surface area contributed by atoms with Gasteiger partial charge < -0.3 is 16.0 Å². The van der Waals surface area contributed by atoms with E-state index in [4.69, 9.17) is 5.73 Å². The first-order valence-corrected chi connectivity index (χ1v) is 7.63. The average Bonchev–Trinajstić information content (AvgIpc) is 2.53. The summed E-state index contributed by atoms with van der Waals surface area (Å²) in [6, 6.07) is 5.71. The van der Waals surface area contributed by atoms with Gasteiger partial charge in [0, 0.05) is 36.8 Å². The maximum absolute atomic E-state index is 12.7. The molecule has 0 radical (unpaired) electrons. The number of anilines is 1. The van der Waals surface area contributed by atoms with E-state index in [-0.39, 0.29) is 17.9 Å². The van der Waals surface area contributed by atoms with Crippen molar-refractivity contribution >= 4 is 17.5 Å². The number of nitrogens with two attached hydrogens (primary N) is 1. The third-order valence-corrected chi connectivity index (χ3v) is 4.41. The molecule has 2 heterocycles. The van der Waals surface area contributed by atoms with Crippen LogP contribution in [0.25, 0.3) is 0 Å². The molecular weight excluding hydrogens is 266 g/mol. The summed E-state index contributed by atoms with van der Waals surface area (Å²) in [5, 5.41) is 2.84. The number of benzene rings is 1. The lowest BCUT2D eigenvalue weighted by Crippen LogP contribution is -2.47. The van der Waals surface area contributed by atoms with E-state index in [0.29, 0.717) is 24.9 Å². The summed E-state index contributed by atoms with van der Waals surface area (Å²) in [7, 11) is 0. The van der Waals surface area contributed by atoms with Crippen LogP contribution in [0, 0.1) is 0 Å². The highest BCUT2D eigenvalue weighted by Crippen LogP contribution is 2.25. The minimum Gasteiger partial charge on any atom is -0.334 e. The fourth-order valence-corrected chi connectivity index (χ4v) is 3.20. The van der Waals surface area contributed by atoms with Crippen LogP contribution < -0.4 is 11.1 Å². The Morgan fingerprint density at radius 2 is 2.19 bits per heavy atom. The van der Waals surface area contributed by atoms with Gasteiger partial charge in [0.05, 0.1) is 0 Å². The van der Waals surface area contributed by atoms with Gasteiger partial charge in [-0.2, -0.15) is 0 Å². The van der Waals surface area contributed by atoms with E-state index in [1.165, 1.54) is 0 Å². The molecule has 1 atom stereocenters. The molecule has 1 saturated heterocycles. The van der Waals surface area contributed by atoms with Crippen LogP contribution in [-0.4, -0.2) is 35.8 Å². The normalized spacial score (nSPS) is 21.7. The number of likely N-dealkylation sites (tertiary alicyclic amines) is 1. The molecule has 1 fully saturated rings. The van der Waals surface area contributed by atoms with Crippen LogP contribution in [-0.2, 0) is 11.2 Å². The number of amides is 2. The second-order valence-electron chi connectivity index (χ2n) is 5.80. The molecule has 1 aromatic carbocycles. The number of rotatable bonds is 2. The van der Waals surface area contributed by atoms with Crippen LogP contribution in [0.3, 0.4) is 0 Å². The zero-order valence-electron chi connectivity index (χ0n) is 12.1. The van der Waals surface area contributed by atoms with Gasteiger partial charge >= 0.3 is 0 Å². The van der Waals surface area contributed by atoms with Gasteiger partial charge in [-0.1, -0.05) is 0 Å². The van der Waals surface area contributed by atoms with Gasteiger partial charge in [0.25, 0.3) is 5.91 Å². The van der Waals surface area contributed by atoms with Crippen molar-refractivity contribution in [3.05, 3.63) is 29.3 Å². The number of hydrogen-bond acceptors (Lipinski definition) is 3. The van der Waals surface area contributed by atoms with Gasteiger partial charge in [-0.05, 0) is 49.4 Å². The molecule has 0 bridgehead atoms. The summed E-state index contributed by atoms with van der Waals surface area (Å²) >= 11 is 0. The summed E-state index contributed by atoms with van der Waals surface area (Å²) in [6.07, 6.45) is 4.36. The molecule has 5 heteroatoms. The summed E-state index contributed by atoms with van der Waals surface area (Å²) in [6.45, 7) is 1.31. The second-order valence-corrected chi connectivity index (χ2v) is 5.80. The maximum atomic E-state index is 12.7. The van der Waals surface area contributed by atoms with Crippen molar-refractivity contribution in [2.24, 2.45) is 5.73 Å². The number of carbonyl (C=O) groups excluding carboxylic acids is 2. The predicted molar refractivity (Wildman–Crippen MR) is 81.1 cm³/mol. The number of nitrogens with one attached hydrogen (secondary N) is 1. The Labute approximate surface area is 124 Å². The first kappa shape index (κ1) is 14.1. The van der Waals surface area contributed by atoms with E-state index >= 15 is 0 Å². The van der Waals surface area contributed by atoms with Crippen molar-refractivity contribution in [1.29, 1.82) is 0 Å². The second kappa shape index (κ2) is 5.85. The monoisotopic (exact) mass is 287 g/mol. The first-order valence-electron chi connectivity index (χ1n) is 7.63. The topological polar surface area (TPSA) is 75.4 Å². The Morgan fingerprint density at radius 3 is 3.00 bits per heavy atom. The highest BCUT2D eigenvalue weighted by molar-refractivity contribution is 5.98. The number of piperidine rings is 1. The van der Waals surface area contributed by atoms with Crippen LogP contribution in [0.2, 0.25) is 0 Å². The van der Waals surface area contributed by atoms with E-state index in [0.717, 1.165) is 37.1 Å². The lowest BCUT2D eigenvalue weighted by Gasteiger charge is -2.35. The number of carbonyl (C=O) groups is 2. The Hall–Kier alpha value is -1.88. The van der Waals surface area contributed by atoms with Crippen LogP contribution in [0.4, 0.5) is 5.69 Å². The Bertz CT molecular complexity index is 571. The fraction of sp³-hybridized carbons (Fsp3) is 0.500. The SMILES string of the molecule is NC[C@H]1CCCCN1C(=O)c1ccc2c(c1)CCC(=O)N2. The highest BCUT2D eigenvalue weighted by atomic mass is 16.2. The largest absolute Gasteiger partial charge is 0.334 e. The minimum absolute atomic E-state index is 0.0424.